The number of piperazine rings is 1. The van der Waals surface area contributed by atoms with Gasteiger partial charge in [-0.1, -0.05) is 48.9 Å². The van der Waals surface area contributed by atoms with Crippen molar-refractivity contribution in [3.05, 3.63) is 64.7 Å². The lowest BCUT2D eigenvalue weighted by Crippen LogP contribution is -3.28. The standard InChI is InChI=1S/C23H29ClN4O2/c1-2-19-5-3-4-6-21(19)26-22(29)15-25-23(30)17-28-13-11-27(12-14-28)16-18-7-9-20(24)10-8-18/h3-10H,2,11-17H2,1H3,(H,25,30)(H,26,29)/p+2. The fourth-order valence-corrected chi connectivity index (χ4v) is 3.94. The van der Waals surface area contributed by atoms with Gasteiger partial charge in [0, 0.05) is 16.3 Å². The normalized spacial score (nSPS) is 18.6. The number of hydrogen-bond acceptors (Lipinski definition) is 2. The lowest BCUT2D eigenvalue weighted by molar-refractivity contribution is -1.02. The number of carbonyl (C=O) groups excluding carboxylic acids is 2. The number of aryl methyl sites for hydroxylation is 1. The van der Waals surface area contributed by atoms with Gasteiger partial charge in [0.25, 0.3) is 5.91 Å². The van der Waals surface area contributed by atoms with E-state index >= 15 is 0 Å². The molecule has 0 spiro atoms. The van der Waals surface area contributed by atoms with Crippen LogP contribution in [0.25, 0.3) is 0 Å². The average molecular weight is 431 g/mol. The molecule has 160 valence electrons. The first-order valence-electron chi connectivity index (χ1n) is 10.6. The minimum absolute atomic E-state index is 0.00188. The van der Waals surface area contributed by atoms with Crippen LogP contribution in [0.1, 0.15) is 18.1 Å². The number of amides is 2. The molecule has 6 nitrogen and oxygen atoms in total. The van der Waals surface area contributed by atoms with Gasteiger partial charge in [-0.15, -0.1) is 0 Å². The van der Waals surface area contributed by atoms with Crippen LogP contribution < -0.4 is 20.4 Å². The number of quaternary nitrogens is 2. The third kappa shape index (κ3) is 6.83. The van der Waals surface area contributed by atoms with E-state index in [-0.39, 0.29) is 18.4 Å². The van der Waals surface area contributed by atoms with Crippen LogP contribution in [0.5, 0.6) is 0 Å². The highest BCUT2D eigenvalue weighted by Crippen LogP contribution is 2.14. The highest BCUT2D eigenvalue weighted by molar-refractivity contribution is 6.30. The summed E-state index contributed by atoms with van der Waals surface area (Å²) in [6.45, 7) is 7.39. The third-order valence-electron chi connectivity index (χ3n) is 5.56. The van der Waals surface area contributed by atoms with E-state index in [2.05, 4.69) is 22.8 Å². The second kappa shape index (κ2) is 11.1. The van der Waals surface area contributed by atoms with Crippen molar-refractivity contribution >= 4 is 29.1 Å². The first kappa shape index (κ1) is 22.3. The molecule has 0 aromatic heterocycles. The number of rotatable bonds is 8. The van der Waals surface area contributed by atoms with Crippen molar-refractivity contribution in [1.82, 2.24) is 5.32 Å². The van der Waals surface area contributed by atoms with Gasteiger partial charge >= 0.3 is 0 Å². The monoisotopic (exact) mass is 430 g/mol. The first-order valence-corrected chi connectivity index (χ1v) is 11.0. The van der Waals surface area contributed by atoms with Crippen LogP contribution in [0.3, 0.4) is 0 Å². The minimum Gasteiger partial charge on any atom is -0.342 e. The minimum atomic E-state index is -0.198. The SMILES string of the molecule is CCc1ccccc1NC(=O)CNC(=O)C[NH+]1CC[NH+](Cc2ccc(Cl)cc2)CC1. The largest absolute Gasteiger partial charge is 0.342 e. The maximum absolute atomic E-state index is 12.3. The lowest BCUT2D eigenvalue weighted by Gasteiger charge is -2.29. The predicted molar refractivity (Wildman–Crippen MR) is 119 cm³/mol. The summed E-state index contributed by atoms with van der Waals surface area (Å²) < 4.78 is 0. The molecule has 1 aliphatic heterocycles. The molecule has 0 atom stereocenters. The number of nitrogens with one attached hydrogen (secondary N) is 4. The molecule has 7 heteroatoms. The summed E-state index contributed by atoms with van der Waals surface area (Å²) in [5.74, 6) is -0.276. The predicted octanol–water partition coefficient (Wildman–Crippen LogP) is -0.0593. The van der Waals surface area contributed by atoms with Crippen LogP contribution in [0.4, 0.5) is 5.69 Å². The van der Waals surface area contributed by atoms with E-state index in [1.54, 1.807) is 0 Å². The summed E-state index contributed by atoms with van der Waals surface area (Å²) in [4.78, 5) is 27.2. The molecule has 1 saturated heterocycles. The van der Waals surface area contributed by atoms with E-state index in [1.807, 2.05) is 43.3 Å². The second-order valence-corrected chi connectivity index (χ2v) is 8.25. The smallest absolute Gasteiger partial charge is 0.275 e. The summed E-state index contributed by atoms with van der Waals surface area (Å²) in [6.07, 6.45) is 0.845. The lowest BCUT2D eigenvalue weighted by atomic mass is 10.1. The van der Waals surface area contributed by atoms with Gasteiger partial charge in [-0.25, -0.2) is 0 Å². The number of halogens is 1. The second-order valence-electron chi connectivity index (χ2n) is 7.82. The zero-order valence-corrected chi connectivity index (χ0v) is 18.2. The summed E-state index contributed by atoms with van der Waals surface area (Å²) in [5, 5.41) is 6.39. The molecular formula is C23H31ClN4O2+2. The molecular weight excluding hydrogens is 400 g/mol. The van der Waals surface area contributed by atoms with Gasteiger partial charge in [-0.05, 0) is 30.2 Å². The first-order chi connectivity index (χ1) is 14.5. The van der Waals surface area contributed by atoms with Crippen molar-refractivity contribution in [2.24, 2.45) is 0 Å². The maximum atomic E-state index is 12.3. The van der Waals surface area contributed by atoms with Crippen LogP contribution in [0.15, 0.2) is 48.5 Å². The third-order valence-corrected chi connectivity index (χ3v) is 5.81. The Morgan fingerprint density at radius 1 is 0.933 bits per heavy atom. The maximum Gasteiger partial charge on any atom is 0.275 e. The van der Waals surface area contributed by atoms with Crippen molar-refractivity contribution in [1.29, 1.82) is 0 Å². The van der Waals surface area contributed by atoms with Gasteiger partial charge in [-0.2, -0.15) is 0 Å². The topological polar surface area (TPSA) is 67.1 Å². The van der Waals surface area contributed by atoms with Crippen LogP contribution in [-0.4, -0.2) is 51.1 Å². The van der Waals surface area contributed by atoms with Gasteiger partial charge in [0.1, 0.15) is 32.7 Å². The molecule has 2 aromatic carbocycles. The fourth-order valence-electron chi connectivity index (χ4n) is 3.81. The Balaban J connectivity index is 1.35. The number of para-hydroxylation sites is 1. The molecule has 4 N–H and O–H groups in total. The molecule has 0 saturated carbocycles. The molecule has 3 rings (SSSR count). The van der Waals surface area contributed by atoms with Gasteiger partial charge < -0.3 is 20.4 Å². The quantitative estimate of drug-likeness (QED) is 0.474. The van der Waals surface area contributed by atoms with E-state index in [9.17, 15) is 9.59 Å². The summed E-state index contributed by atoms with van der Waals surface area (Å²) in [5.41, 5.74) is 3.18. The van der Waals surface area contributed by atoms with Crippen LogP contribution in [0.2, 0.25) is 5.02 Å². The molecule has 1 aliphatic rings. The Bertz CT molecular complexity index is 849. The van der Waals surface area contributed by atoms with Crippen LogP contribution in [-0.2, 0) is 22.6 Å². The number of hydrogen-bond donors (Lipinski definition) is 4. The van der Waals surface area contributed by atoms with E-state index in [0.29, 0.717) is 6.54 Å². The van der Waals surface area contributed by atoms with E-state index in [0.717, 1.165) is 55.4 Å². The summed E-state index contributed by atoms with van der Waals surface area (Å²) >= 11 is 5.95. The number of benzene rings is 2. The van der Waals surface area contributed by atoms with Crippen molar-refractivity contribution in [2.45, 2.75) is 19.9 Å². The van der Waals surface area contributed by atoms with E-state index in [4.69, 9.17) is 11.6 Å². The van der Waals surface area contributed by atoms with E-state index < -0.39 is 0 Å². The summed E-state index contributed by atoms with van der Waals surface area (Å²) in [6, 6.07) is 15.7. The molecule has 2 aromatic rings. The van der Waals surface area contributed by atoms with Crippen molar-refractivity contribution in [3.63, 3.8) is 0 Å². The molecule has 1 heterocycles. The number of carbonyl (C=O) groups is 2. The van der Waals surface area contributed by atoms with Crippen molar-refractivity contribution in [3.8, 4) is 0 Å². The van der Waals surface area contributed by atoms with Crippen molar-refractivity contribution in [2.75, 3.05) is 44.6 Å². The number of anilines is 1. The Labute approximate surface area is 183 Å². The molecule has 0 aliphatic carbocycles. The van der Waals surface area contributed by atoms with Crippen molar-refractivity contribution < 1.29 is 19.4 Å². The highest BCUT2D eigenvalue weighted by atomic mass is 35.5. The Morgan fingerprint density at radius 3 is 2.30 bits per heavy atom. The molecule has 1 fully saturated rings. The van der Waals surface area contributed by atoms with Crippen LogP contribution >= 0.6 is 11.6 Å². The van der Waals surface area contributed by atoms with Gasteiger partial charge in [0.05, 0.1) is 6.54 Å². The average Bonchev–Trinajstić information content (AvgIpc) is 2.76. The Morgan fingerprint density at radius 2 is 1.60 bits per heavy atom. The van der Waals surface area contributed by atoms with Gasteiger partial charge in [0.2, 0.25) is 5.91 Å². The zero-order chi connectivity index (χ0) is 21.3. The highest BCUT2D eigenvalue weighted by Gasteiger charge is 2.25. The molecule has 0 unspecified atom stereocenters. The van der Waals surface area contributed by atoms with Gasteiger partial charge in [0.15, 0.2) is 6.54 Å². The van der Waals surface area contributed by atoms with E-state index in [1.165, 1.54) is 15.4 Å². The zero-order valence-electron chi connectivity index (χ0n) is 17.5. The Kier molecular flexibility index (Phi) is 8.25. The molecule has 0 bridgehead atoms. The summed E-state index contributed by atoms with van der Waals surface area (Å²) in [7, 11) is 0. The molecule has 30 heavy (non-hydrogen) atoms. The molecule has 2 amide bonds. The fraction of sp³-hybridized carbons (Fsp3) is 0.391. The van der Waals surface area contributed by atoms with Gasteiger partial charge in [-0.3, -0.25) is 9.59 Å². The molecule has 0 radical (unpaired) electrons. The Hall–Kier alpha value is -2.41. The van der Waals surface area contributed by atoms with Crippen LogP contribution in [0, 0.1) is 0 Å².